The van der Waals surface area contributed by atoms with E-state index in [1.807, 2.05) is 30.3 Å². The Balaban J connectivity index is 1.11. The molecule has 1 spiro atoms. The van der Waals surface area contributed by atoms with Gasteiger partial charge in [0.05, 0.1) is 23.2 Å². The van der Waals surface area contributed by atoms with Gasteiger partial charge in [-0.05, 0) is 84.2 Å². The molecule has 2 unspecified atom stereocenters. The lowest BCUT2D eigenvalue weighted by molar-refractivity contribution is -0.144. The molecule has 2 amide bonds. The van der Waals surface area contributed by atoms with Crippen LogP contribution in [0.2, 0.25) is 0 Å². The fourth-order valence-corrected chi connectivity index (χ4v) is 7.42. The Hall–Kier alpha value is -4.02. The van der Waals surface area contributed by atoms with Gasteiger partial charge in [0, 0.05) is 44.1 Å². The molecule has 2 saturated heterocycles. The summed E-state index contributed by atoms with van der Waals surface area (Å²) in [6.45, 7) is 1.10. The molecule has 4 aliphatic rings. The summed E-state index contributed by atoms with van der Waals surface area (Å²) >= 11 is 0. The molecule has 3 heterocycles. The Labute approximate surface area is 247 Å². The number of carbonyl (C=O) groups is 3. The first-order valence-electron chi connectivity index (χ1n) is 14.8. The highest BCUT2D eigenvalue weighted by atomic mass is 19.1. The van der Waals surface area contributed by atoms with Crippen LogP contribution in [-0.4, -0.2) is 59.8 Å². The van der Waals surface area contributed by atoms with E-state index in [2.05, 4.69) is 15.6 Å². The predicted octanol–water partition coefficient (Wildman–Crippen LogP) is 3.43. The normalized spacial score (nSPS) is 25.2. The predicted molar refractivity (Wildman–Crippen MR) is 153 cm³/mol. The molecule has 2 aromatic carbocycles. The summed E-state index contributed by atoms with van der Waals surface area (Å²) in [5.74, 6) is -1.96. The Kier molecular flexibility index (Phi) is 7.05. The van der Waals surface area contributed by atoms with Gasteiger partial charge in [0.1, 0.15) is 24.0 Å². The number of carbonyl (C=O) groups excluding carboxylic acids is 3. The number of pyridine rings is 1. The maximum Gasteiger partial charge on any atom is 0.244 e. The van der Waals surface area contributed by atoms with E-state index in [1.54, 1.807) is 6.20 Å². The smallest absolute Gasteiger partial charge is 0.244 e. The van der Waals surface area contributed by atoms with Gasteiger partial charge in [-0.1, -0.05) is 12.1 Å². The molecule has 0 saturated carbocycles. The molecule has 3 aromatic rings. The van der Waals surface area contributed by atoms with Crippen LogP contribution < -0.4 is 10.6 Å². The third-order valence-electron chi connectivity index (χ3n) is 9.52. The summed E-state index contributed by atoms with van der Waals surface area (Å²) in [4.78, 5) is 46.3. The van der Waals surface area contributed by atoms with E-state index in [4.69, 9.17) is 4.74 Å². The number of hydrogen-bond acceptors (Lipinski definition) is 6. The van der Waals surface area contributed by atoms with Gasteiger partial charge in [-0.2, -0.15) is 0 Å². The summed E-state index contributed by atoms with van der Waals surface area (Å²) in [5, 5.41) is 6.21. The molecule has 1 aromatic heterocycles. The van der Waals surface area contributed by atoms with Gasteiger partial charge in [0.25, 0.3) is 0 Å². The van der Waals surface area contributed by atoms with E-state index in [9.17, 15) is 23.2 Å². The lowest BCUT2D eigenvalue weighted by atomic mass is 9.78. The van der Waals surface area contributed by atoms with Gasteiger partial charge < -0.3 is 20.3 Å². The zero-order chi connectivity index (χ0) is 29.7. The number of ketones is 1. The van der Waals surface area contributed by atoms with Crippen LogP contribution in [0.5, 0.6) is 0 Å². The van der Waals surface area contributed by atoms with Gasteiger partial charge in [0.2, 0.25) is 11.8 Å². The highest BCUT2D eigenvalue weighted by Gasteiger charge is 2.50. The number of benzene rings is 2. The van der Waals surface area contributed by atoms with Crippen LogP contribution in [0, 0.1) is 17.6 Å². The Bertz CT molecular complexity index is 1600. The first-order chi connectivity index (χ1) is 20.8. The minimum Gasteiger partial charge on any atom is -0.381 e. The Morgan fingerprint density at radius 3 is 2.60 bits per heavy atom. The van der Waals surface area contributed by atoms with Crippen LogP contribution in [-0.2, 0) is 43.8 Å². The monoisotopic (exact) mass is 586 g/mol. The fourth-order valence-electron chi connectivity index (χ4n) is 7.42. The number of halogens is 2. The minimum absolute atomic E-state index is 0.0414. The number of amides is 2. The number of nitrogens with zero attached hydrogens (tertiary/aromatic N) is 2. The van der Waals surface area contributed by atoms with Crippen LogP contribution in [0.4, 0.5) is 14.5 Å². The molecular formula is C33H32F2N4O4. The van der Waals surface area contributed by atoms with Gasteiger partial charge >= 0.3 is 0 Å². The molecule has 2 aliphatic heterocycles. The molecule has 2 N–H and O–H groups in total. The number of nitrogens with one attached hydrogen (secondary N) is 2. The van der Waals surface area contributed by atoms with Crippen molar-refractivity contribution in [2.75, 3.05) is 31.6 Å². The maximum absolute atomic E-state index is 14.2. The second-order valence-corrected chi connectivity index (χ2v) is 12.1. The third kappa shape index (κ3) is 5.02. The van der Waals surface area contributed by atoms with Gasteiger partial charge in [-0.15, -0.1) is 0 Å². The van der Waals surface area contributed by atoms with Crippen LogP contribution in [0.3, 0.4) is 0 Å². The van der Waals surface area contributed by atoms with E-state index < -0.39 is 35.0 Å². The quantitative estimate of drug-likeness (QED) is 0.476. The molecule has 222 valence electrons. The van der Waals surface area contributed by atoms with Crippen molar-refractivity contribution in [2.45, 2.75) is 49.6 Å². The van der Waals surface area contributed by atoms with Crippen molar-refractivity contribution in [1.29, 1.82) is 0 Å². The number of anilines is 1. The topological polar surface area (TPSA) is 101 Å². The lowest BCUT2D eigenvalue weighted by Crippen LogP contribution is -2.60. The van der Waals surface area contributed by atoms with E-state index in [-0.39, 0.29) is 36.3 Å². The number of rotatable bonds is 5. The van der Waals surface area contributed by atoms with Gasteiger partial charge in [-0.25, -0.2) is 8.78 Å². The average Bonchev–Trinajstić information content (AvgIpc) is 3.50. The molecule has 3 atom stereocenters. The number of aromatic nitrogens is 1. The number of hydrogen-bond donors (Lipinski definition) is 2. The largest absolute Gasteiger partial charge is 0.381 e. The van der Waals surface area contributed by atoms with Crippen molar-refractivity contribution in [3.63, 3.8) is 0 Å². The van der Waals surface area contributed by atoms with Crippen LogP contribution >= 0.6 is 0 Å². The molecule has 10 heteroatoms. The van der Waals surface area contributed by atoms with Crippen molar-refractivity contribution in [3.05, 3.63) is 94.3 Å². The van der Waals surface area contributed by atoms with E-state index >= 15 is 0 Å². The summed E-state index contributed by atoms with van der Waals surface area (Å²) in [6, 6.07) is 11.5. The van der Waals surface area contributed by atoms with E-state index in [0.717, 1.165) is 28.5 Å². The number of fused-ring (bicyclic) bond motifs is 3. The fraction of sp³-hybridized carbons (Fsp3) is 0.394. The molecule has 2 aliphatic carbocycles. The Morgan fingerprint density at radius 1 is 1.05 bits per heavy atom. The molecule has 2 fully saturated rings. The summed E-state index contributed by atoms with van der Waals surface area (Å²) in [6.07, 6.45) is 4.61. The SMILES string of the molecule is O=C(CN1C(=O)C(C2CCOCC2)NCC1c1cc(F)cc(F)c1)Nc1ccc2c(c1)C[C@@]1(C2)C(=O)Cc2ncccc21. The summed E-state index contributed by atoms with van der Waals surface area (Å²) < 4.78 is 33.8. The highest BCUT2D eigenvalue weighted by Crippen LogP contribution is 2.46. The van der Waals surface area contributed by atoms with Crippen molar-refractivity contribution in [2.24, 2.45) is 5.92 Å². The molecular weight excluding hydrogens is 554 g/mol. The number of Topliss-reactive ketones (excluding diaryl/α,β-unsaturated/α-hetero) is 1. The standard InChI is InChI=1S/C33H32F2N4O4/c34-23-10-21(11-24(35)13-23)28-17-37-31(19-5-8-43-9-6-19)32(42)39(28)18-30(41)38-25-4-3-20-15-33(16-22(20)12-25)26-2-1-7-36-27(26)14-29(33)40/h1-4,7,10-13,19,28,31,37H,5-6,8-9,14-18H2,(H,38,41)/t28?,31?,33-/m1/s1. The van der Waals surface area contributed by atoms with E-state index in [0.29, 0.717) is 51.0 Å². The second-order valence-electron chi connectivity index (χ2n) is 12.1. The molecule has 7 rings (SSSR count). The van der Waals surface area contributed by atoms with Crippen molar-refractivity contribution in [3.8, 4) is 0 Å². The van der Waals surface area contributed by atoms with Crippen LogP contribution in [0.15, 0.2) is 54.7 Å². The van der Waals surface area contributed by atoms with Gasteiger partial charge in [-0.3, -0.25) is 19.4 Å². The minimum atomic E-state index is -0.742. The number of piperazine rings is 1. The highest BCUT2D eigenvalue weighted by molar-refractivity contribution is 5.98. The first kappa shape index (κ1) is 27.8. The van der Waals surface area contributed by atoms with E-state index in [1.165, 1.54) is 17.0 Å². The lowest BCUT2D eigenvalue weighted by Gasteiger charge is -2.43. The summed E-state index contributed by atoms with van der Waals surface area (Å²) in [5.41, 5.74) is 4.11. The van der Waals surface area contributed by atoms with Crippen molar-refractivity contribution in [1.82, 2.24) is 15.2 Å². The van der Waals surface area contributed by atoms with Gasteiger partial charge in [0.15, 0.2) is 0 Å². The molecule has 43 heavy (non-hydrogen) atoms. The van der Waals surface area contributed by atoms with Crippen LogP contribution in [0.1, 0.15) is 46.8 Å². The first-order valence-corrected chi connectivity index (χ1v) is 14.8. The average molecular weight is 587 g/mol. The van der Waals surface area contributed by atoms with Crippen LogP contribution in [0.25, 0.3) is 0 Å². The molecule has 0 bridgehead atoms. The van der Waals surface area contributed by atoms with Crippen molar-refractivity contribution < 1.29 is 27.9 Å². The third-order valence-corrected chi connectivity index (χ3v) is 9.52. The zero-order valence-electron chi connectivity index (χ0n) is 23.6. The zero-order valence-corrected chi connectivity index (χ0v) is 23.6. The molecule has 0 radical (unpaired) electrons. The Morgan fingerprint density at radius 2 is 1.81 bits per heavy atom. The number of ether oxygens (including phenoxy) is 1. The molecule has 8 nitrogen and oxygen atoms in total. The summed E-state index contributed by atoms with van der Waals surface area (Å²) in [7, 11) is 0. The maximum atomic E-state index is 14.2. The second kappa shape index (κ2) is 10.9. The van der Waals surface area contributed by atoms with Crippen molar-refractivity contribution >= 4 is 23.3 Å².